The smallest absolute Gasteiger partial charge is 0.155 e. The first-order valence-electron chi connectivity index (χ1n) is 5.05. The van der Waals surface area contributed by atoms with Gasteiger partial charge in [0.1, 0.15) is 5.69 Å². The van der Waals surface area contributed by atoms with Gasteiger partial charge < -0.3 is 14.7 Å². The molecule has 1 aliphatic rings. The Balaban J connectivity index is 2.00. The van der Waals surface area contributed by atoms with Crippen LogP contribution in [-0.4, -0.2) is 24.6 Å². The lowest BCUT2D eigenvalue weighted by Crippen LogP contribution is -1.95. The summed E-state index contributed by atoms with van der Waals surface area (Å²) in [6, 6.07) is 0.588. The van der Waals surface area contributed by atoms with Crippen molar-refractivity contribution in [2.24, 2.45) is 0 Å². The van der Waals surface area contributed by atoms with E-state index < -0.39 is 0 Å². The van der Waals surface area contributed by atoms with Gasteiger partial charge in [0.15, 0.2) is 5.82 Å². The maximum atomic E-state index is 8.95. The molecule has 0 radical (unpaired) electrons. The van der Waals surface area contributed by atoms with E-state index in [1.54, 1.807) is 12.4 Å². The van der Waals surface area contributed by atoms with Crippen LogP contribution in [0.2, 0.25) is 0 Å². The average molecular weight is 204 g/mol. The minimum Gasteiger partial charge on any atom is -0.390 e. The highest BCUT2D eigenvalue weighted by Gasteiger charge is 2.26. The van der Waals surface area contributed by atoms with Gasteiger partial charge in [0.25, 0.3) is 0 Å². The molecule has 0 spiro atoms. The fourth-order valence-electron chi connectivity index (χ4n) is 1.70. The first kappa shape index (κ1) is 8.67. The van der Waals surface area contributed by atoms with E-state index >= 15 is 0 Å². The molecule has 1 fully saturated rings. The molecule has 2 N–H and O–H groups in total. The molecule has 0 saturated heterocycles. The fraction of sp³-hybridized carbons (Fsp3) is 0.400. The molecular weight excluding hydrogens is 192 g/mol. The van der Waals surface area contributed by atoms with Crippen molar-refractivity contribution in [3.63, 3.8) is 0 Å². The normalized spacial score (nSPS) is 15.8. The van der Waals surface area contributed by atoms with Crippen molar-refractivity contribution in [3.05, 3.63) is 24.4 Å². The third-order valence-electron chi connectivity index (χ3n) is 2.65. The molecule has 2 aromatic rings. The number of imidazole rings is 2. The van der Waals surface area contributed by atoms with Gasteiger partial charge in [-0.2, -0.15) is 0 Å². The van der Waals surface area contributed by atoms with E-state index in [2.05, 4.69) is 19.5 Å². The first-order chi connectivity index (χ1) is 7.38. The molecule has 0 aliphatic heterocycles. The number of hydrogen-bond acceptors (Lipinski definition) is 3. The molecule has 0 unspecified atom stereocenters. The lowest BCUT2D eigenvalue weighted by Gasteiger charge is -2.02. The molecule has 5 heteroatoms. The minimum atomic E-state index is -0.00936. The Labute approximate surface area is 86.8 Å². The quantitative estimate of drug-likeness (QED) is 0.786. The van der Waals surface area contributed by atoms with Crippen LogP contribution in [0.25, 0.3) is 11.5 Å². The van der Waals surface area contributed by atoms with Crippen molar-refractivity contribution < 1.29 is 5.11 Å². The summed E-state index contributed by atoms with van der Waals surface area (Å²) in [5.74, 6) is 0.781. The summed E-state index contributed by atoms with van der Waals surface area (Å²) in [4.78, 5) is 11.4. The van der Waals surface area contributed by atoms with Gasteiger partial charge in [-0.25, -0.2) is 9.97 Å². The predicted molar refractivity (Wildman–Crippen MR) is 54.0 cm³/mol. The second kappa shape index (κ2) is 3.20. The molecule has 15 heavy (non-hydrogen) atoms. The van der Waals surface area contributed by atoms with E-state index in [0.717, 1.165) is 17.2 Å². The van der Waals surface area contributed by atoms with Crippen molar-refractivity contribution in [3.8, 4) is 11.5 Å². The van der Waals surface area contributed by atoms with Crippen LogP contribution in [0.15, 0.2) is 18.7 Å². The summed E-state index contributed by atoms with van der Waals surface area (Å²) in [5.41, 5.74) is 1.73. The molecule has 3 rings (SSSR count). The van der Waals surface area contributed by atoms with Crippen molar-refractivity contribution in [2.45, 2.75) is 25.5 Å². The van der Waals surface area contributed by atoms with Crippen LogP contribution in [0, 0.1) is 0 Å². The molecule has 0 amide bonds. The van der Waals surface area contributed by atoms with E-state index in [4.69, 9.17) is 5.11 Å². The summed E-state index contributed by atoms with van der Waals surface area (Å²) in [6.07, 6.45) is 7.74. The SMILES string of the molecule is OCc1cnc(-c2cncn2C2CC2)[nH]1. The van der Waals surface area contributed by atoms with Gasteiger partial charge in [0.05, 0.1) is 31.0 Å². The summed E-state index contributed by atoms with van der Waals surface area (Å²) < 4.78 is 2.14. The topological polar surface area (TPSA) is 66.7 Å². The summed E-state index contributed by atoms with van der Waals surface area (Å²) in [7, 11) is 0. The molecule has 0 atom stereocenters. The standard InChI is InChI=1S/C10H12N4O/c15-5-7-3-12-10(13-7)9-4-11-6-14(9)8-1-2-8/h3-4,6,8,15H,1-2,5H2,(H,12,13). The number of aromatic nitrogens is 4. The number of nitrogens with zero attached hydrogens (tertiary/aromatic N) is 3. The van der Waals surface area contributed by atoms with Crippen LogP contribution in [-0.2, 0) is 6.61 Å². The van der Waals surface area contributed by atoms with Crippen LogP contribution in [0.1, 0.15) is 24.6 Å². The fourth-order valence-corrected chi connectivity index (χ4v) is 1.70. The van der Waals surface area contributed by atoms with Crippen LogP contribution in [0.5, 0.6) is 0 Å². The number of aliphatic hydroxyl groups excluding tert-OH is 1. The Bertz CT molecular complexity index is 469. The van der Waals surface area contributed by atoms with E-state index in [0.29, 0.717) is 6.04 Å². The predicted octanol–water partition coefficient (Wildman–Crippen LogP) is 1.10. The molecule has 0 bridgehead atoms. The van der Waals surface area contributed by atoms with E-state index in [1.807, 2.05) is 6.33 Å². The highest BCUT2D eigenvalue weighted by Crippen LogP contribution is 2.37. The zero-order valence-corrected chi connectivity index (χ0v) is 8.22. The summed E-state index contributed by atoms with van der Waals surface area (Å²) >= 11 is 0. The Hall–Kier alpha value is -1.62. The maximum Gasteiger partial charge on any atom is 0.155 e. The van der Waals surface area contributed by atoms with Gasteiger partial charge in [0.2, 0.25) is 0 Å². The molecule has 1 saturated carbocycles. The second-order valence-electron chi connectivity index (χ2n) is 3.83. The Kier molecular flexibility index (Phi) is 1.85. The minimum absolute atomic E-state index is 0.00936. The average Bonchev–Trinajstić information content (AvgIpc) is 2.83. The number of aliphatic hydroxyl groups is 1. The van der Waals surface area contributed by atoms with Gasteiger partial charge >= 0.3 is 0 Å². The van der Waals surface area contributed by atoms with Crippen LogP contribution < -0.4 is 0 Å². The van der Waals surface area contributed by atoms with Crippen LogP contribution in [0.4, 0.5) is 0 Å². The number of hydrogen-bond donors (Lipinski definition) is 2. The number of aromatic amines is 1. The lowest BCUT2D eigenvalue weighted by atomic mass is 10.4. The third-order valence-corrected chi connectivity index (χ3v) is 2.65. The Morgan fingerprint density at radius 2 is 2.33 bits per heavy atom. The molecule has 2 heterocycles. The van der Waals surface area contributed by atoms with Gasteiger partial charge in [-0.05, 0) is 12.8 Å². The number of rotatable bonds is 3. The van der Waals surface area contributed by atoms with Gasteiger partial charge in [-0.3, -0.25) is 0 Å². The van der Waals surface area contributed by atoms with Crippen LogP contribution >= 0.6 is 0 Å². The highest BCUT2D eigenvalue weighted by molar-refractivity contribution is 5.49. The third kappa shape index (κ3) is 1.45. The monoisotopic (exact) mass is 204 g/mol. The van der Waals surface area contributed by atoms with Crippen LogP contribution in [0.3, 0.4) is 0 Å². The second-order valence-corrected chi connectivity index (χ2v) is 3.83. The molecule has 1 aliphatic carbocycles. The molecular formula is C10H12N4O. The van der Waals surface area contributed by atoms with Gasteiger partial charge in [-0.15, -0.1) is 0 Å². The molecule has 78 valence electrons. The molecule has 5 nitrogen and oxygen atoms in total. The maximum absolute atomic E-state index is 8.95. The van der Waals surface area contributed by atoms with E-state index in [1.165, 1.54) is 12.8 Å². The highest BCUT2D eigenvalue weighted by atomic mass is 16.3. The van der Waals surface area contributed by atoms with Crippen molar-refractivity contribution >= 4 is 0 Å². The first-order valence-corrected chi connectivity index (χ1v) is 5.05. The zero-order valence-electron chi connectivity index (χ0n) is 8.22. The number of nitrogens with one attached hydrogen (secondary N) is 1. The van der Waals surface area contributed by atoms with Gasteiger partial charge in [-0.1, -0.05) is 0 Å². The van der Waals surface area contributed by atoms with Crippen molar-refractivity contribution in [1.82, 2.24) is 19.5 Å². The Morgan fingerprint density at radius 3 is 3.00 bits per heavy atom. The Morgan fingerprint density at radius 1 is 1.47 bits per heavy atom. The zero-order chi connectivity index (χ0) is 10.3. The van der Waals surface area contributed by atoms with E-state index in [9.17, 15) is 0 Å². The van der Waals surface area contributed by atoms with E-state index in [-0.39, 0.29) is 6.61 Å². The summed E-state index contributed by atoms with van der Waals surface area (Å²) in [5, 5.41) is 8.95. The molecule has 2 aromatic heterocycles. The molecule has 0 aromatic carbocycles. The lowest BCUT2D eigenvalue weighted by molar-refractivity contribution is 0.277. The van der Waals surface area contributed by atoms with Gasteiger partial charge in [0, 0.05) is 6.04 Å². The van der Waals surface area contributed by atoms with Crippen molar-refractivity contribution in [2.75, 3.05) is 0 Å². The number of H-pyrrole nitrogens is 1. The largest absolute Gasteiger partial charge is 0.390 e. The van der Waals surface area contributed by atoms with Crippen molar-refractivity contribution in [1.29, 1.82) is 0 Å². The summed E-state index contributed by atoms with van der Waals surface area (Å²) in [6.45, 7) is -0.00936.